The zero-order valence-corrected chi connectivity index (χ0v) is 19.2. The average molecular weight is 461 g/mol. The lowest BCUT2D eigenvalue weighted by atomic mass is 10.2. The fourth-order valence-electron chi connectivity index (χ4n) is 3.47. The standard InChI is InChI=1S/C26H24N2O2S2/c29-25(23-13-7-17-31-23)27(19-21-9-3-1-4-10-21)15-16-28(20-22-11-5-2-6-12-22)26(30)24-14-8-18-32-24/h1-14,17-18H,15-16,19-20H2. The molecule has 4 nitrogen and oxygen atoms in total. The molecule has 0 saturated heterocycles. The quantitative estimate of drug-likeness (QED) is 0.317. The van der Waals surface area contributed by atoms with Gasteiger partial charge in [-0.15, -0.1) is 22.7 Å². The van der Waals surface area contributed by atoms with Crippen LogP contribution in [0.2, 0.25) is 0 Å². The van der Waals surface area contributed by atoms with Gasteiger partial charge in [0.15, 0.2) is 0 Å². The molecule has 0 fully saturated rings. The number of hydrogen-bond acceptors (Lipinski definition) is 4. The molecule has 0 N–H and O–H groups in total. The van der Waals surface area contributed by atoms with Gasteiger partial charge in [0.05, 0.1) is 9.75 Å². The van der Waals surface area contributed by atoms with Gasteiger partial charge in [-0.2, -0.15) is 0 Å². The van der Waals surface area contributed by atoms with Crippen LogP contribution in [0, 0.1) is 0 Å². The van der Waals surface area contributed by atoms with Crippen LogP contribution in [-0.2, 0) is 13.1 Å². The number of rotatable bonds is 9. The van der Waals surface area contributed by atoms with Crippen molar-refractivity contribution in [3.63, 3.8) is 0 Å². The number of hydrogen-bond donors (Lipinski definition) is 0. The first-order chi connectivity index (χ1) is 15.7. The summed E-state index contributed by atoms with van der Waals surface area (Å²) in [5, 5.41) is 3.83. The van der Waals surface area contributed by atoms with E-state index in [2.05, 4.69) is 0 Å². The third-order valence-electron chi connectivity index (χ3n) is 5.11. The Balaban J connectivity index is 1.54. The van der Waals surface area contributed by atoms with Gasteiger partial charge in [-0.3, -0.25) is 9.59 Å². The number of carbonyl (C=O) groups is 2. The van der Waals surface area contributed by atoms with Gasteiger partial charge >= 0.3 is 0 Å². The molecule has 4 rings (SSSR count). The molecule has 162 valence electrons. The molecule has 0 bridgehead atoms. The van der Waals surface area contributed by atoms with Crippen LogP contribution in [0.25, 0.3) is 0 Å². The van der Waals surface area contributed by atoms with E-state index in [-0.39, 0.29) is 11.8 Å². The number of benzene rings is 2. The van der Waals surface area contributed by atoms with E-state index in [1.165, 1.54) is 22.7 Å². The molecule has 2 aromatic carbocycles. The van der Waals surface area contributed by atoms with Crippen LogP contribution in [0.1, 0.15) is 30.5 Å². The van der Waals surface area contributed by atoms with Gasteiger partial charge in [-0.05, 0) is 34.0 Å². The van der Waals surface area contributed by atoms with Crippen LogP contribution < -0.4 is 0 Å². The number of thiophene rings is 2. The van der Waals surface area contributed by atoms with E-state index < -0.39 is 0 Å². The minimum absolute atomic E-state index is 0.00733. The van der Waals surface area contributed by atoms with Crippen LogP contribution in [0.5, 0.6) is 0 Å². The topological polar surface area (TPSA) is 40.6 Å². The molecule has 2 aromatic heterocycles. The number of carbonyl (C=O) groups excluding carboxylic acids is 2. The Hall–Kier alpha value is -3.22. The lowest BCUT2D eigenvalue weighted by molar-refractivity contribution is 0.0649. The molecule has 0 saturated carbocycles. The molecule has 0 atom stereocenters. The van der Waals surface area contributed by atoms with Gasteiger partial charge in [0.1, 0.15) is 0 Å². The van der Waals surface area contributed by atoms with Gasteiger partial charge < -0.3 is 9.80 Å². The summed E-state index contributed by atoms with van der Waals surface area (Å²) in [6, 6.07) is 27.4. The molecule has 0 spiro atoms. The molecule has 0 aliphatic heterocycles. The molecule has 2 heterocycles. The Morgan fingerprint density at radius 3 is 1.31 bits per heavy atom. The van der Waals surface area contributed by atoms with E-state index in [0.29, 0.717) is 35.9 Å². The van der Waals surface area contributed by atoms with Crippen LogP contribution in [0.4, 0.5) is 0 Å². The van der Waals surface area contributed by atoms with Gasteiger partial charge in [-0.1, -0.05) is 72.8 Å². The van der Waals surface area contributed by atoms with Crippen molar-refractivity contribution in [2.45, 2.75) is 13.1 Å². The number of amides is 2. The predicted octanol–water partition coefficient (Wildman–Crippen LogP) is 5.79. The minimum Gasteiger partial charge on any atom is -0.332 e. The Morgan fingerprint density at radius 1 is 0.562 bits per heavy atom. The van der Waals surface area contributed by atoms with Crippen molar-refractivity contribution in [3.8, 4) is 0 Å². The lowest BCUT2D eigenvalue weighted by Crippen LogP contribution is -2.40. The molecule has 0 aliphatic rings. The summed E-state index contributed by atoms with van der Waals surface area (Å²) >= 11 is 2.88. The molecular formula is C26H24N2O2S2. The second-order valence-electron chi connectivity index (χ2n) is 7.38. The first-order valence-electron chi connectivity index (χ1n) is 10.4. The first-order valence-corrected chi connectivity index (χ1v) is 12.2. The van der Waals surface area contributed by atoms with Crippen LogP contribution in [0.3, 0.4) is 0 Å². The maximum absolute atomic E-state index is 13.2. The summed E-state index contributed by atoms with van der Waals surface area (Å²) in [6.45, 7) is 1.92. The van der Waals surface area contributed by atoms with Crippen LogP contribution in [0.15, 0.2) is 95.7 Å². The number of nitrogens with zero attached hydrogens (tertiary/aromatic N) is 2. The molecule has 32 heavy (non-hydrogen) atoms. The summed E-state index contributed by atoms with van der Waals surface area (Å²) in [4.78, 5) is 31.5. The highest BCUT2D eigenvalue weighted by Crippen LogP contribution is 2.17. The smallest absolute Gasteiger partial charge is 0.264 e. The predicted molar refractivity (Wildman–Crippen MR) is 131 cm³/mol. The summed E-state index contributed by atoms with van der Waals surface area (Å²) in [5.74, 6) is -0.0147. The van der Waals surface area contributed by atoms with E-state index in [9.17, 15) is 9.59 Å². The van der Waals surface area contributed by atoms with Gasteiger partial charge in [0, 0.05) is 26.2 Å². The van der Waals surface area contributed by atoms with Crippen LogP contribution >= 0.6 is 22.7 Å². The van der Waals surface area contributed by atoms with Crippen molar-refractivity contribution in [2.24, 2.45) is 0 Å². The highest BCUT2D eigenvalue weighted by Gasteiger charge is 2.22. The Kier molecular flexibility index (Phi) is 7.48. The maximum atomic E-state index is 13.2. The molecule has 0 radical (unpaired) electrons. The van der Waals surface area contributed by atoms with E-state index in [0.717, 1.165) is 11.1 Å². The minimum atomic E-state index is -0.00733. The van der Waals surface area contributed by atoms with Crippen molar-refractivity contribution < 1.29 is 9.59 Å². The third-order valence-corrected chi connectivity index (χ3v) is 6.83. The zero-order valence-electron chi connectivity index (χ0n) is 17.6. The molecule has 6 heteroatoms. The van der Waals surface area contributed by atoms with Crippen molar-refractivity contribution in [1.82, 2.24) is 9.80 Å². The second-order valence-corrected chi connectivity index (χ2v) is 9.27. The van der Waals surface area contributed by atoms with Gasteiger partial charge in [0.25, 0.3) is 11.8 Å². The fourth-order valence-corrected chi connectivity index (χ4v) is 4.85. The van der Waals surface area contributed by atoms with Gasteiger partial charge in [0.2, 0.25) is 0 Å². The van der Waals surface area contributed by atoms with Crippen molar-refractivity contribution in [2.75, 3.05) is 13.1 Å². The highest BCUT2D eigenvalue weighted by molar-refractivity contribution is 7.12. The normalized spacial score (nSPS) is 10.6. The average Bonchev–Trinajstić information content (AvgIpc) is 3.56. The molecule has 0 unspecified atom stereocenters. The Labute approximate surface area is 196 Å². The zero-order chi connectivity index (χ0) is 22.2. The summed E-state index contributed by atoms with van der Waals surface area (Å²) in [6.07, 6.45) is 0. The van der Waals surface area contributed by atoms with E-state index in [1.807, 2.05) is 105 Å². The molecule has 2 amide bonds. The first kappa shape index (κ1) is 22.0. The largest absolute Gasteiger partial charge is 0.332 e. The third kappa shape index (κ3) is 5.72. The Morgan fingerprint density at radius 2 is 0.969 bits per heavy atom. The Bertz CT molecular complexity index is 1020. The SMILES string of the molecule is O=C(c1cccs1)N(CCN(Cc1ccccc1)C(=O)c1cccs1)Cc1ccccc1. The van der Waals surface area contributed by atoms with E-state index in [1.54, 1.807) is 0 Å². The summed E-state index contributed by atoms with van der Waals surface area (Å²) < 4.78 is 0. The molecular weight excluding hydrogens is 436 g/mol. The van der Waals surface area contributed by atoms with Crippen molar-refractivity contribution in [1.29, 1.82) is 0 Å². The summed E-state index contributed by atoms with van der Waals surface area (Å²) in [5.41, 5.74) is 2.13. The summed E-state index contributed by atoms with van der Waals surface area (Å²) in [7, 11) is 0. The molecule has 4 aromatic rings. The van der Waals surface area contributed by atoms with Crippen LogP contribution in [-0.4, -0.2) is 34.7 Å². The second kappa shape index (κ2) is 10.9. The monoisotopic (exact) mass is 460 g/mol. The highest BCUT2D eigenvalue weighted by atomic mass is 32.1. The van der Waals surface area contributed by atoms with Gasteiger partial charge in [-0.25, -0.2) is 0 Å². The van der Waals surface area contributed by atoms with E-state index >= 15 is 0 Å². The van der Waals surface area contributed by atoms with E-state index in [4.69, 9.17) is 0 Å². The van der Waals surface area contributed by atoms with Crippen molar-refractivity contribution >= 4 is 34.5 Å². The molecule has 0 aliphatic carbocycles. The fraction of sp³-hybridized carbons (Fsp3) is 0.154. The van der Waals surface area contributed by atoms with Crippen molar-refractivity contribution in [3.05, 3.63) is 117 Å². The lowest BCUT2D eigenvalue weighted by Gasteiger charge is -2.28. The maximum Gasteiger partial charge on any atom is 0.264 e.